The highest BCUT2D eigenvalue weighted by Crippen LogP contribution is 2.37. The van der Waals surface area contributed by atoms with Crippen LogP contribution in [0.25, 0.3) is 110 Å². The minimum absolute atomic E-state index is 0.160. The fourth-order valence-electron chi connectivity index (χ4n) is 12.9. The number of carbonyl (C=O) groups is 1. The summed E-state index contributed by atoms with van der Waals surface area (Å²) in [6, 6.07) is 42.1. The molecular formula is C74H69BrCl2N14O. The van der Waals surface area contributed by atoms with E-state index in [0.29, 0.717) is 10.0 Å². The highest BCUT2D eigenvalue weighted by atomic mass is 79.9. The molecule has 1 amide bonds. The van der Waals surface area contributed by atoms with Gasteiger partial charge in [0.2, 0.25) is 5.91 Å². The quantitative estimate of drug-likeness (QED) is 0.141. The lowest BCUT2D eigenvalue weighted by Crippen LogP contribution is -2.46. The summed E-state index contributed by atoms with van der Waals surface area (Å²) in [6.07, 6.45) is 30.1. The predicted molar refractivity (Wildman–Crippen MR) is 380 cm³/mol. The van der Waals surface area contributed by atoms with Crippen molar-refractivity contribution in [3.8, 4) is 33.4 Å². The normalized spacial score (nSPS) is 14.2. The third kappa shape index (κ3) is 13.6. The Morgan fingerprint density at radius 3 is 1.34 bits per heavy atom. The molecule has 15 nitrogen and oxygen atoms in total. The number of nitrogens with zero attached hydrogens (tertiary/aromatic N) is 12. The average Bonchev–Trinajstić information content (AvgIpc) is 1.45. The first kappa shape index (κ1) is 61.5. The van der Waals surface area contributed by atoms with Crippen molar-refractivity contribution in [3.05, 3.63) is 204 Å². The third-order valence-electron chi connectivity index (χ3n) is 17.7. The lowest BCUT2D eigenvalue weighted by Gasteiger charge is -2.35. The second kappa shape index (κ2) is 27.6. The van der Waals surface area contributed by atoms with Crippen molar-refractivity contribution in [1.82, 2.24) is 58.5 Å². The standard InChI is InChI=1S/C25H27N5O.C24H26N4.C17H12ClN3.C8H4BrClN2/c1-17(31)30-11-4-3-5-21(30)16-28-20-14-22(25-23(15-20)26-9-10-27-25)18-6-7-24-19(13-18)8-12-29(24)2;1-28-12-9-19-13-18(7-8-23(19)28)21-14-20(15-22-24(21)26-11-10-25-22)27-16-17-5-3-2-4-6-17;1-21-7-4-12-8-11(2-3-16(12)21)14-9-13(18)10-15-17(14)20-6-5-19-15;9-6-3-5(10)4-7-8(6)12-2-1-11-7/h6-10,12-15,21,28H,3-5,11,16H2,1-2H3;7-15,17,27H,2-6,16H2,1H3;2-10H,1H3;1-4H. The molecule has 92 heavy (non-hydrogen) atoms. The number of anilines is 2. The van der Waals surface area contributed by atoms with Crippen LogP contribution in [0.15, 0.2) is 194 Å². The Hall–Kier alpha value is -9.35. The molecule has 0 radical (unpaired) electrons. The molecule has 7 aromatic heterocycles. The number of rotatable bonds is 9. The smallest absolute Gasteiger partial charge is 0.219 e. The molecule has 16 rings (SSSR count). The van der Waals surface area contributed by atoms with Crippen LogP contribution < -0.4 is 10.6 Å². The molecule has 2 aliphatic rings. The first-order valence-electron chi connectivity index (χ1n) is 31.2. The summed E-state index contributed by atoms with van der Waals surface area (Å²) >= 11 is 15.4. The largest absolute Gasteiger partial charge is 0.385 e. The summed E-state index contributed by atoms with van der Waals surface area (Å²) in [7, 11) is 6.18. The summed E-state index contributed by atoms with van der Waals surface area (Å²) in [5.74, 6) is 0.947. The van der Waals surface area contributed by atoms with Crippen LogP contribution in [0.5, 0.6) is 0 Å². The molecule has 1 aliphatic carbocycles. The maximum atomic E-state index is 12.0. The molecule has 0 bridgehead atoms. The maximum absolute atomic E-state index is 12.0. The summed E-state index contributed by atoms with van der Waals surface area (Å²) in [6.45, 7) is 4.31. The van der Waals surface area contributed by atoms with Crippen LogP contribution in [0, 0.1) is 5.92 Å². The highest BCUT2D eigenvalue weighted by molar-refractivity contribution is 9.10. The number of likely N-dealkylation sites (tertiary alicyclic amines) is 1. The fraction of sp³-hybridized carbons (Fsp3) is 0.230. The zero-order valence-corrected chi connectivity index (χ0v) is 54.8. The van der Waals surface area contributed by atoms with E-state index in [1.807, 2.05) is 30.1 Å². The molecule has 1 unspecified atom stereocenters. The van der Waals surface area contributed by atoms with Crippen LogP contribution in [0.3, 0.4) is 0 Å². The summed E-state index contributed by atoms with van der Waals surface area (Å²) < 4.78 is 7.26. The fourth-order valence-corrected chi connectivity index (χ4v) is 14.0. The number of amides is 1. The van der Waals surface area contributed by atoms with Gasteiger partial charge >= 0.3 is 0 Å². The lowest BCUT2D eigenvalue weighted by molar-refractivity contribution is -0.132. The number of halogens is 3. The molecule has 0 spiro atoms. The van der Waals surface area contributed by atoms with Crippen molar-refractivity contribution in [2.24, 2.45) is 27.1 Å². The van der Waals surface area contributed by atoms with E-state index in [0.717, 1.165) is 126 Å². The molecule has 1 saturated carbocycles. The van der Waals surface area contributed by atoms with Crippen LogP contribution in [0.1, 0.15) is 58.3 Å². The number of nitrogens with one attached hydrogen (secondary N) is 2. The van der Waals surface area contributed by atoms with Gasteiger partial charge in [-0.1, -0.05) is 60.7 Å². The number of benzene rings is 7. The lowest BCUT2D eigenvalue weighted by atomic mass is 9.89. The monoisotopic (exact) mass is 1320 g/mol. The van der Waals surface area contributed by atoms with Gasteiger partial charge in [-0.2, -0.15) is 0 Å². The molecule has 1 saturated heterocycles. The first-order valence-corrected chi connectivity index (χ1v) is 32.8. The Kier molecular flexibility index (Phi) is 18.5. The van der Waals surface area contributed by atoms with Gasteiger partial charge < -0.3 is 29.2 Å². The number of hydrogen-bond donors (Lipinski definition) is 2. The maximum Gasteiger partial charge on any atom is 0.219 e. The summed E-state index contributed by atoms with van der Waals surface area (Å²) in [5, 5.41) is 12.2. The molecule has 1 atom stereocenters. The zero-order valence-electron chi connectivity index (χ0n) is 51.7. The molecular weight excluding hydrogens is 1250 g/mol. The summed E-state index contributed by atoms with van der Waals surface area (Å²) in [5.41, 5.74) is 19.4. The van der Waals surface area contributed by atoms with E-state index in [-0.39, 0.29) is 11.9 Å². The van der Waals surface area contributed by atoms with Gasteiger partial charge in [0, 0.05) is 197 Å². The van der Waals surface area contributed by atoms with Crippen molar-refractivity contribution < 1.29 is 4.79 Å². The van der Waals surface area contributed by atoms with E-state index in [1.54, 1.807) is 68.6 Å². The van der Waals surface area contributed by atoms with Gasteiger partial charge in [-0.3, -0.25) is 44.7 Å². The Balaban J connectivity index is 0.000000117. The number of hydrogen-bond acceptors (Lipinski definition) is 11. The summed E-state index contributed by atoms with van der Waals surface area (Å²) in [4.78, 5) is 49.5. The van der Waals surface area contributed by atoms with Gasteiger partial charge in [-0.05, 0) is 174 Å². The van der Waals surface area contributed by atoms with E-state index in [9.17, 15) is 4.79 Å². The number of piperidine rings is 1. The Morgan fingerprint density at radius 1 is 0.457 bits per heavy atom. The van der Waals surface area contributed by atoms with E-state index >= 15 is 0 Å². The van der Waals surface area contributed by atoms with E-state index < -0.39 is 0 Å². The van der Waals surface area contributed by atoms with Crippen molar-refractivity contribution >= 4 is 133 Å². The number of aromatic nitrogens is 11. The molecule has 1 aliphatic heterocycles. The Bertz CT molecular complexity index is 5000. The van der Waals surface area contributed by atoms with Crippen molar-refractivity contribution in [3.63, 3.8) is 0 Å². The van der Waals surface area contributed by atoms with Crippen molar-refractivity contribution in [2.45, 2.75) is 64.3 Å². The molecule has 7 aromatic carbocycles. The Morgan fingerprint density at radius 2 is 0.859 bits per heavy atom. The second-order valence-electron chi connectivity index (χ2n) is 23.8. The van der Waals surface area contributed by atoms with Gasteiger partial charge in [0.15, 0.2) is 0 Å². The molecule has 8 heterocycles. The van der Waals surface area contributed by atoms with Gasteiger partial charge in [0.25, 0.3) is 0 Å². The molecule has 2 N–H and O–H groups in total. The number of fused-ring (bicyclic) bond motifs is 7. The van der Waals surface area contributed by atoms with Gasteiger partial charge in [-0.15, -0.1) is 0 Å². The van der Waals surface area contributed by atoms with E-state index in [1.165, 1.54) is 76.8 Å². The molecule has 462 valence electrons. The van der Waals surface area contributed by atoms with Gasteiger partial charge in [-0.25, -0.2) is 0 Å². The van der Waals surface area contributed by atoms with Crippen LogP contribution in [-0.2, 0) is 25.9 Å². The topological polar surface area (TPSA) is 162 Å². The highest BCUT2D eigenvalue weighted by Gasteiger charge is 2.25. The van der Waals surface area contributed by atoms with Crippen molar-refractivity contribution in [2.75, 3.05) is 30.3 Å². The van der Waals surface area contributed by atoms with Crippen LogP contribution in [0.4, 0.5) is 11.4 Å². The average molecular weight is 1320 g/mol. The molecule has 2 fully saturated rings. The minimum Gasteiger partial charge on any atom is -0.385 e. The third-order valence-corrected chi connectivity index (χ3v) is 18.7. The molecule has 14 aromatic rings. The van der Waals surface area contributed by atoms with E-state index in [2.05, 4.69) is 204 Å². The first-order chi connectivity index (χ1) is 44.9. The van der Waals surface area contributed by atoms with Crippen molar-refractivity contribution in [1.29, 1.82) is 0 Å². The van der Waals surface area contributed by atoms with Crippen LogP contribution in [0.2, 0.25) is 10.0 Å². The SMILES string of the molecule is CC(=O)N1CCCCC1CNc1cc(-c2ccc3c(ccn3C)c2)c2nccnc2c1.Clc1cc(Br)c2nccnc2c1.Cn1ccc2cc(-c3cc(Cl)cc4nccnc34)ccc21.Cn1ccc2cc(-c3cc(NCC4CCCCC4)cc4nccnc34)ccc21. The number of carbonyl (C=O) groups excluding carboxylic acids is 1. The van der Waals surface area contributed by atoms with E-state index in [4.69, 9.17) is 23.2 Å². The Labute approximate surface area is 552 Å². The second-order valence-corrected chi connectivity index (χ2v) is 25.5. The minimum atomic E-state index is 0.160. The van der Waals surface area contributed by atoms with Gasteiger partial charge in [0.1, 0.15) is 5.52 Å². The number of aryl methyl sites for hydroxylation is 3. The van der Waals surface area contributed by atoms with Crippen LogP contribution >= 0.6 is 39.1 Å². The molecule has 18 heteroatoms. The predicted octanol–water partition coefficient (Wildman–Crippen LogP) is 17.9. The van der Waals surface area contributed by atoms with Crippen LogP contribution in [-0.4, -0.2) is 90.1 Å². The van der Waals surface area contributed by atoms with Gasteiger partial charge in [0.05, 0.1) is 38.6 Å². The zero-order chi connectivity index (χ0) is 63.2.